The lowest BCUT2D eigenvalue weighted by Gasteiger charge is -2.48. The highest BCUT2D eigenvalue weighted by Crippen LogP contribution is 2.35. The highest BCUT2D eigenvalue weighted by Gasteiger charge is 2.57. The highest BCUT2D eigenvalue weighted by atomic mass is 16.7. The predicted molar refractivity (Wildman–Crippen MR) is 142 cm³/mol. The molecule has 3 saturated heterocycles. The van der Waals surface area contributed by atoms with Crippen LogP contribution in [0.2, 0.25) is 0 Å². The molecular formula is C25H42N2O19. The Labute approximate surface area is 260 Å². The van der Waals surface area contributed by atoms with Crippen molar-refractivity contribution < 1.29 is 94.2 Å². The number of aliphatic hydroxyl groups excluding tert-OH is 10. The van der Waals surface area contributed by atoms with Gasteiger partial charge in [-0.05, 0) is 0 Å². The minimum absolute atomic E-state index is 0.723. The molecule has 16 atom stereocenters. The van der Waals surface area contributed by atoms with Crippen LogP contribution in [0.25, 0.3) is 0 Å². The monoisotopic (exact) mass is 674 g/mol. The molecule has 0 aromatic carbocycles. The summed E-state index contributed by atoms with van der Waals surface area (Å²) >= 11 is 0. The van der Waals surface area contributed by atoms with Crippen molar-refractivity contribution in [3.8, 4) is 0 Å². The molecule has 0 spiro atoms. The Kier molecular flexibility index (Phi) is 13.1. The number of carboxylic acid groups (broad SMARTS) is 1. The van der Waals surface area contributed by atoms with Gasteiger partial charge in [0.1, 0.15) is 67.1 Å². The van der Waals surface area contributed by atoms with Gasteiger partial charge >= 0.3 is 5.97 Å². The molecule has 3 rings (SSSR count). The molecule has 0 aromatic rings. The lowest BCUT2D eigenvalue weighted by atomic mass is 9.88. The third kappa shape index (κ3) is 8.26. The van der Waals surface area contributed by atoms with Crippen molar-refractivity contribution >= 4 is 17.8 Å². The molecule has 3 aliphatic heterocycles. The molecule has 13 N–H and O–H groups in total. The first-order valence-corrected chi connectivity index (χ1v) is 14.2. The van der Waals surface area contributed by atoms with E-state index in [-0.39, 0.29) is 0 Å². The Morgan fingerprint density at radius 2 is 1.48 bits per heavy atom. The summed E-state index contributed by atoms with van der Waals surface area (Å²) in [5.41, 5.74) is 0. The zero-order chi connectivity index (χ0) is 34.7. The maximum atomic E-state index is 12.5. The molecule has 0 aliphatic carbocycles. The number of aliphatic hydroxyl groups is 10. The molecule has 3 heterocycles. The lowest BCUT2D eigenvalue weighted by molar-refractivity contribution is -0.351. The van der Waals surface area contributed by atoms with Crippen molar-refractivity contribution in [2.75, 3.05) is 19.8 Å². The third-order valence-corrected chi connectivity index (χ3v) is 7.87. The van der Waals surface area contributed by atoms with Crippen LogP contribution < -0.4 is 10.6 Å². The van der Waals surface area contributed by atoms with E-state index in [4.69, 9.17) is 23.7 Å². The van der Waals surface area contributed by atoms with Crippen molar-refractivity contribution in [1.82, 2.24) is 10.6 Å². The smallest absolute Gasteiger partial charge is 0.364 e. The fourth-order valence-corrected chi connectivity index (χ4v) is 5.45. The van der Waals surface area contributed by atoms with E-state index in [0.717, 1.165) is 13.8 Å². The number of hydrogen-bond donors (Lipinski definition) is 13. The molecule has 3 aliphatic rings. The summed E-state index contributed by atoms with van der Waals surface area (Å²) in [5.74, 6) is -6.18. The van der Waals surface area contributed by atoms with Gasteiger partial charge in [-0.3, -0.25) is 9.59 Å². The number of rotatable bonds is 12. The topological polar surface area (TPSA) is 344 Å². The van der Waals surface area contributed by atoms with Gasteiger partial charge in [-0.1, -0.05) is 0 Å². The van der Waals surface area contributed by atoms with Gasteiger partial charge < -0.3 is 90.5 Å². The van der Waals surface area contributed by atoms with Gasteiger partial charge in [-0.2, -0.15) is 0 Å². The van der Waals surface area contributed by atoms with E-state index < -0.39 is 142 Å². The third-order valence-electron chi connectivity index (χ3n) is 7.87. The van der Waals surface area contributed by atoms with Gasteiger partial charge in [0.15, 0.2) is 12.6 Å². The molecule has 21 nitrogen and oxygen atoms in total. The van der Waals surface area contributed by atoms with E-state index in [2.05, 4.69) is 10.6 Å². The number of aliphatic carboxylic acids is 1. The maximum absolute atomic E-state index is 12.5. The summed E-state index contributed by atoms with van der Waals surface area (Å²) < 4.78 is 27.2. The molecule has 46 heavy (non-hydrogen) atoms. The zero-order valence-electron chi connectivity index (χ0n) is 24.7. The normalized spacial score (nSPS) is 42.9. The largest absolute Gasteiger partial charge is 0.477 e. The van der Waals surface area contributed by atoms with Gasteiger partial charge in [0, 0.05) is 20.3 Å². The molecule has 3 fully saturated rings. The Balaban J connectivity index is 1.87. The van der Waals surface area contributed by atoms with E-state index in [1.165, 1.54) is 0 Å². The second-order valence-corrected chi connectivity index (χ2v) is 11.3. The standard InChI is InChI=1S/C25H42N2O19/c1-7(30)26-13-9(32)3-25(24(40)41,46-21(13)15(34)10(33)4-28)42-6-12-17(36)20(14(22(39)43-12)27-8(2)31)45-23-19(38)18(37)16(35)11(5-29)44-23/h9-23,28-29,32-39H,3-6H2,1-2H3,(H,26,30)(H,27,31)(H,40,41)/t9-,10?,11+,12+,13+,14+,15?,16-,17+,18-,19+,20+,21+,22+,23-,25+/m0/s1. The summed E-state index contributed by atoms with van der Waals surface area (Å²) in [6.45, 7) is -0.705. The maximum Gasteiger partial charge on any atom is 0.364 e. The van der Waals surface area contributed by atoms with Crippen LogP contribution in [0.3, 0.4) is 0 Å². The first-order valence-electron chi connectivity index (χ1n) is 14.2. The zero-order valence-corrected chi connectivity index (χ0v) is 24.7. The van der Waals surface area contributed by atoms with Crippen molar-refractivity contribution in [2.45, 2.75) is 118 Å². The summed E-state index contributed by atoms with van der Waals surface area (Å²) in [4.78, 5) is 36.0. The van der Waals surface area contributed by atoms with Crippen LogP contribution in [0, 0.1) is 0 Å². The highest BCUT2D eigenvalue weighted by molar-refractivity contribution is 5.76. The first kappa shape index (κ1) is 38.3. The van der Waals surface area contributed by atoms with E-state index in [9.17, 15) is 70.6 Å². The molecule has 21 heteroatoms. The van der Waals surface area contributed by atoms with E-state index in [1.54, 1.807) is 0 Å². The number of hydrogen-bond acceptors (Lipinski definition) is 18. The van der Waals surface area contributed by atoms with Crippen molar-refractivity contribution in [1.29, 1.82) is 0 Å². The average molecular weight is 675 g/mol. The van der Waals surface area contributed by atoms with Crippen molar-refractivity contribution in [2.24, 2.45) is 0 Å². The predicted octanol–water partition coefficient (Wildman–Crippen LogP) is -8.08. The van der Waals surface area contributed by atoms with E-state index in [1.807, 2.05) is 0 Å². The minimum atomic E-state index is -2.84. The average Bonchev–Trinajstić information content (AvgIpc) is 2.99. The summed E-state index contributed by atoms with van der Waals surface area (Å²) in [6, 6.07) is -3.06. The van der Waals surface area contributed by atoms with Crippen LogP contribution in [0.4, 0.5) is 0 Å². The summed E-state index contributed by atoms with van der Waals surface area (Å²) in [5, 5.41) is 117. The fourth-order valence-electron chi connectivity index (χ4n) is 5.45. The minimum Gasteiger partial charge on any atom is -0.477 e. The summed E-state index contributed by atoms with van der Waals surface area (Å²) in [7, 11) is 0. The Hall–Kier alpha value is -2.19. The second kappa shape index (κ2) is 15.8. The van der Waals surface area contributed by atoms with Gasteiger partial charge in [-0.25, -0.2) is 4.79 Å². The molecule has 2 unspecified atom stereocenters. The van der Waals surface area contributed by atoms with Crippen LogP contribution in [0.1, 0.15) is 20.3 Å². The van der Waals surface area contributed by atoms with Crippen LogP contribution >= 0.6 is 0 Å². The number of nitrogens with one attached hydrogen (secondary N) is 2. The Morgan fingerprint density at radius 3 is 2.02 bits per heavy atom. The molecule has 0 radical (unpaired) electrons. The van der Waals surface area contributed by atoms with Crippen LogP contribution in [-0.4, -0.2) is 191 Å². The Morgan fingerprint density at radius 1 is 0.870 bits per heavy atom. The number of carboxylic acids is 1. The van der Waals surface area contributed by atoms with E-state index >= 15 is 0 Å². The molecular weight excluding hydrogens is 632 g/mol. The second-order valence-electron chi connectivity index (χ2n) is 11.3. The molecule has 0 bridgehead atoms. The number of carbonyl (C=O) groups excluding carboxylic acids is 2. The van der Waals surface area contributed by atoms with Crippen LogP contribution in [0.5, 0.6) is 0 Å². The molecule has 2 amide bonds. The fraction of sp³-hybridized carbons (Fsp3) is 0.880. The van der Waals surface area contributed by atoms with Crippen LogP contribution in [-0.2, 0) is 38.1 Å². The first-order chi connectivity index (χ1) is 21.5. The van der Waals surface area contributed by atoms with Gasteiger partial charge in [0.2, 0.25) is 11.8 Å². The van der Waals surface area contributed by atoms with Gasteiger partial charge in [0.05, 0.1) is 32.0 Å². The van der Waals surface area contributed by atoms with Gasteiger partial charge in [0.25, 0.3) is 5.79 Å². The number of ether oxygens (including phenoxy) is 5. The number of amides is 2. The molecule has 0 saturated carbocycles. The number of carbonyl (C=O) groups is 3. The van der Waals surface area contributed by atoms with Crippen molar-refractivity contribution in [3.63, 3.8) is 0 Å². The molecule has 266 valence electrons. The summed E-state index contributed by atoms with van der Waals surface area (Å²) in [6.07, 6.45) is -24.8. The van der Waals surface area contributed by atoms with Crippen molar-refractivity contribution in [3.05, 3.63) is 0 Å². The van der Waals surface area contributed by atoms with Crippen LogP contribution in [0.15, 0.2) is 0 Å². The quantitative estimate of drug-likeness (QED) is 0.0913. The Bertz CT molecular complexity index is 1050. The van der Waals surface area contributed by atoms with Gasteiger partial charge in [-0.15, -0.1) is 0 Å². The molecule has 0 aromatic heterocycles. The van der Waals surface area contributed by atoms with E-state index in [0.29, 0.717) is 0 Å². The lowest BCUT2D eigenvalue weighted by Crippen LogP contribution is -2.69. The SMILES string of the molecule is CC(=O)N[C@@H]1[C@@H](O[C@@H]2O[C@H](CO)[C@H](O)[C@H](O)[C@H]2O)[C@H](O)[C@@H](CO[C@]2(C(=O)O)C[C@H](O)[C@@H](NC(C)=O)[C@H](C(O)C(O)CO)O2)O[C@H]1O.